The van der Waals surface area contributed by atoms with Crippen LogP contribution in [0.15, 0.2) is 18.2 Å². The molecule has 1 aliphatic rings. The van der Waals surface area contributed by atoms with Gasteiger partial charge < -0.3 is 25.0 Å². The lowest BCUT2D eigenvalue weighted by atomic mass is 9.84. The van der Waals surface area contributed by atoms with Crippen LogP contribution in [0.4, 0.5) is 4.79 Å². The highest BCUT2D eigenvalue weighted by atomic mass is 16.6. The molecule has 0 fully saturated rings. The molecular weight excluding hydrogens is 286 g/mol. The van der Waals surface area contributed by atoms with E-state index < -0.39 is 18.2 Å². The number of benzene rings is 1. The van der Waals surface area contributed by atoms with Gasteiger partial charge in [-0.05, 0) is 29.5 Å². The molecule has 6 nitrogen and oxygen atoms in total. The van der Waals surface area contributed by atoms with Crippen LogP contribution in [0.3, 0.4) is 0 Å². The molecule has 22 heavy (non-hydrogen) atoms. The van der Waals surface area contributed by atoms with Crippen molar-refractivity contribution in [2.24, 2.45) is 5.41 Å². The van der Waals surface area contributed by atoms with Gasteiger partial charge in [0.15, 0.2) is 11.5 Å². The number of aliphatic hydroxyl groups is 1. The van der Waals surface area contributed by atoms with Crippen LogP contribution in [-0.2, 0) is 0 Å². The largest absolute Gasteiger partial charge is 0.486 e. The van der Waals surface area contributed by atoms with E-state index in [-0.39, 0.29) is 5.41 Å². The van der Waals surface area contributed by atoms with Crippen LogP contribution < -0.4 is 14.8 Å². The van der Waals surface area contributed by atoms with Gasteiger partial charge in [0.05, 0.1) is 12.1 Å². The molecule has 3 N–H and O–H groups in total. The van der Waals surface area contributed by atoms with Crippen molar-refractivity contribution in [3.63, 3.8) is 0 Å². The number of carboxylic acid groups (broad SMARTS) is 1. The number of rotatable bonds is 4. The Balaban J connectivity index is 2.21. The molecule has 0 spiro atoms. The molecule has 122 valence electrons. The quantitative estimate of drug-likeness (QED) is 0.795. The van der Waals surface area contributed by atoms with Gasteiger partial charge in [-0.15, -0.1) is 0 Å². The van der Waals surface area contributed by atoms with Crippen LogP contribution in [0.2, 0.25) is 0 Å². The number of fused-ring (bicyclic) bond motifs is 1. The van der Waals surface area contributed by atoms with Crippen LogP contribution in [0, 0.1) is 5.41 Å². The summed E-state index contributed by atoms with van der Waals surface area (Å²) < 4.78 is 11.0. The molecule has 1 aliphatic heterocycles. The molecule has 0 bridgehead atoms. The Bertz CT molecular complexity index is 538. The van der Waals surface area contributed by atoms with Gasteiger partial charge >= 0.3 is 6.09 Å². The zero-order valence-electron chi connectivity index (χ0n) is 13.1. The maximum atomic E-state index is 11.0. The van der Waals surface area contributed by atoms with Gasteiger partial charge in [-0.3, -0.25) is 0 Å². The third kappa shape index (κ3) is 4.27. The van der Waals surface area contributed by atoms with Gasteiger partial charge in [-0.2, -0.15) is 0 Å². The lowest BCUT2D eigenvalue weighted by molar-refractivity contribution is 0.0983. The average molecular weight is 309 g/mol. The summed E-state index contributed by atoms with van der Waals surface area (Å²) in [6, 6.07) is 4.58. The first-order valence-electron chi connectivity index (χ1n) is 7.33. The van der Waals surface area contributed by atoms with Crippen molar-refractivity contribution in [1.82, 2.24) is 5.32 Å². The minimum Gasteiger partial charge on any atom is -0.486 e. The minimum absolute atomic E-state index is 0.123. The number of carbonyl (C=O) groups is 1. The fourth-order valence-corrected chi connectivity index (χ4v) is 2.54. The van der Waals surface area contributed by atoms with Crippen molar-refractivity contribution in [2.75, 3.05) is 13.2 Å². The minimum atomic E-state index is -1.15. The second-order valence-corrected chi connectivity index (χ2v) is 6.67. The Morgan fingerprint density at radius 2 is 1.91 bits per heavy atom. The molecule has 0 radical (unpaired) electrons. The molecule has 0 unspecified atom stereocenters. The van der Waals surface area contributed by atoms with Crippen molar-refractivity contribution in [2.45, 2.75) is 39.3 Å². The Hall–Kier alpha value is -1.95. The monoisotopic (exact) mass is 309 g/mol. The predicted octanol–water partition coefficient (Wildman–Crippen LogP) is 2.56. The molecule has 2 rings (SSSR count). The Morgan fingerprint density at radius 1 is 1.27 bits per heavy atom. The molecule has 0 saturated heterocycles. The topological polar surface area (TPSA) is 88.0 Å². The third-order valence-corrected chi connectivity index (χ3v) is 3.43. The number of hydrogen-bond acceptors (Lipinski definition) is 4. The molecule has 1 amide bonds. The van der Waals surface area contributed by atoms with Crippen LogP contribution >= 0.6 is 0 Å². The summed E-state index contributed by atoms with van der Waals surface area (Å²) in [4.78, 5) is 11.0. The van der Waals surface area contributed by atoms with E-state index in [4.69, 9.17) is 14.6 Å². The Labute approximate surface area is 130 Å². The first-order valence-corrected chi connectivity index (χ1v) is 7.33. The first kappa shape index (κ1) is 16.4. The maximum Gasteiger partial charge on any atom is 0.404 e. The highest BCUT2D eigenvalue weighted by Gasteiger charge is 2.28. The number of aliphatic hydroxyl groups excluding tert-OH is 1. The second-order valence-electron chi connectivity index (χ2n) is 6.67. The Morgan fingerprint density at radius 3 is 2.50 bits per heavy atom. The standard InChI is InChI=1S/C16H23NO5/c1-16(2,3)9-11(17-15(19)20)14(18)10-4-5-12-13(8-10)22-7-6-21-12/h4-5,8,11,14,17-18H,6-7,9H2,1-3H3,(H,19,20)/t11-,14-/m0/s1. The number of amides is 1. The van der Waals surface area contributed by atoms with E-state index in [1.54, 1.807) is 18.2 Å². The molecule has 0 saturated carbocycles. The highest BCUT2D eigenvalue weighted by molar-refractivity contribution is 5.65. The SMILES string of the molecule is CC(C)(C)C[C@H](NC(=O)O)[C@@H](O)c1ccc2c(c1)OCCO2. The van der Waals surface area contributed by atoms with Gasteiger partial charge in [0, 0.05) is 0 Å². The second kappa shape index (κ2) is 6.44. The first-order chi connectivity index (χ1) is 10.3. The lowest BCUT2D eigenvalue weighted by Gasteiger charge is -2.30. The smallest absolute Gasteiger partial charge is 0.404 e. The fourth-order valence-electron chi connectivity index (χ4n) is 2.54. The van der Waals surface area contributed by atoms with Gasteiger partial charge in [-0.1, -0.05) is 26.8 Å². The molecule has 1 heterocycles. The van der Waals surface area contributed by atoms with Crippen molar-refractivity contribution in [1.29, 1.82) is 0 Å². The summed E-state index contributed by atoms with van der Waals surface area (Å²) in [5.74, 6) is 1.22. The maximum absolute atomic E-state index is 11.0. The van der Waals surface area contributed by atoms with Crippen molar-refractivity contribution in [3.05, 3.63) is 23.8 Å². The van der Waals surface area contributed by atoms with Crippen LogP contribution in [0.5, 0.6) is 11.5 Å². The number of nitrogens with one attached hydrogen (secondary N) is 1. The summed E-state index contributed by atoms with van der Waals surface area (Å²) in [5.41, 5.74) is 0.481. The van der Waals surface area contributed by atoms with Gasteiger partial charge in [0.1, 0.15) is 13.2 Å². The molecule has 0 aliphatic carbocycles. The average Bonchev–Trinajstić information content (AvgIpc) is 2.43. The van der Waals surface area contributed by atoms with Crippen LogP contribution in [-0.4, -0.2) is 35.6 Å². The van der Waals surface area contributed by atoms with E-state index in [0.717, 1.165) is 0 Å². The summed E-state index contributed by atoms with van der Waals surface area (Å²) in [6.45, 7) is 6.97. The zero-order valence-corrected chi connectivity index (χ0v) is 13.1. The number of ether oxygens (including phenoxy) is 2. The van der Waals surface area contributed by atoms with Crippen LogP contribution in [0.1, 0.15) is 38.9 Å². The van der Waals surface area contributed by atoms with E-state index >= 15 is 0 Å². The molecule has 1 aromatic rings. The van der Waals surface area contributed by atoms with Gasteiger partial charge in [0.2, 0.25) is 0 Å². The molecule has 1 aromatic carbocycles. The predicted molar refractivity (Wildman–Crippen MR) is 81.4 cm³/mol. The summed E-state index contributed by atoms with van der Waals surface area (Å²) >= 11 is 0. The van der Waals surface area contributed by atoms with Crippen molar-refractivity contribution >= 4 is 6.09 Å². The summed E-state index contributed by atoms with van der Waals surface area (Å²) in [7, 11) is 0. The van der Waals surface area contributed by atoms with Crippen molar-refractivity contribution in [3.8, 4) is 11.5 Å². The van der Waals surface area contributed by atoms with E-state index in [0.29, 0.717) is 36.7 Å². The molecule has 2 atom stereocenters. The molecule has 6 heteroatoms. The van der Waals surface area contributed by atoms with E-state index in [9.17, 15) is 9.90 Å². The van der Waals surface area contributed by atoms with Crippen molar-refractivity contribution < 1.29 is 24.5 Å². The van der Waals surface area contributed by atoms with Gasteiger partial charge in [-0.25, -0.2) is 4.79 Å². The lowest BCUT2D eigenvalue weighted by Crippen LogP contribution is -2.41. The van der Waals surface area contributed by atoms with E-state index in [1.165, 1.54) is 0 Å². The third-order valence-electron chi connectivity index (χ3n) is 3.43. The normalized spacial score (nSPS) is 16.7. The Kier molecular flexibility index (Phi) is 4.81. The highest BCUT2D eigenvalue weighted by Crippen LogP contribution is 2.35. The molecule has 0 aromatic heterocycles. The van der Waals surface area contributed by atoms with Gasteiger partial charge in [0.25, 0.3) is 0 Å². The van der Waals surface area contributed by atoms with E-state index in [1.807, 2.05) is 20.8 Å². The summed E-state index contributed by atoms with van der Waals surface area (Å²) in [6.07, 6.45) is -1.59. The zero-order chi connectivity index (χ0) is 16.3. The van der Waals surface area contributed by atoms with Crippen LogP contribution in [0.25, 0.3) is 0 Å². The number of hydrogen-bond donors (Lipinski definition) is 3. The fraction of sp³-hybridized carbons (Fsp3) is 0.562. The summed E-state index contributed by atoms with van der Waals surface area (Å²) in [5, 5.41) is 22.0. The van der Waals surface area contributed by atoms with E-state index in [2.05, 4.69) is 5.32 Å². The molecular formula is C16H23NO5.